The van der Waals surface area contributed by atoms with Crippen LogP contribution in [0.4, 0.5) is 13.2 Å². The molecule has 0 unspecified atom stereocenters. The van der Waals surface area contributed by atoms with Crippen molar-refractivity contribution in [2.45, 2.75) is 25.8 Å². The number of halogens is 3. The molecule has 0 radical (unpaired) electrons. The number of benzene rings is 1. The van der Waals surface area contributed by atoms with Crippen LogP contribution in [0.15, 0.2) is 18.2 Å². The maximum atomic E-state index is 12.6. The predicted molar refractivity (Wildman–Crippen MR) is 66.4 cm³/mol. The third-order valence-corrected chi connectivity index (χ3v) is 2.91. The Bertz CT molecular complexity index is 551. The van der Waals surface area contributed by atoms with E-state index in [4.69, 9.17) is 5.26 Å². The van der Waals surface area contributed by atoms with Crippen LogP contribution in [-0.4, -0.2) is 8.07 Å². The summed E-state index contributed by atoms with van der Waals surface area (Å²) in [7, 11) is -1.69. The van der Waals surface area contributed by atoms with Gasteiger partial charge in [-0.15, -0.1) is 5.54 Å². The molecule has 0 fully saturated rings. The molecule has 18 heavy (non-hydrogen) atoms. The number of hydrogen-bond acceptors (Lipinski definition) is 1. The topological polar surface area (TPSA) is 23.8 Å². The monoisotopic (exact) mass is 267 g/mol. The molecule has 1 aromatic rings. The van der Waals surface area contributed by atoms with E-state index in [-0.39, 0.29) is 11.1 Å². The average molecular weight is 267 g/mol. The zero-order chi connectivity index (χ0) is 14.0. The fourth-order valence-corrected chi connectivity index (χ4v) is 1.69. The summed E-state index contributed by atoms with van der Waals surface area (Å²) in [6.07, 6.45) is -4.41. The number of rotatable bonds is 0. The molecular formula is C13H12F3NSi. The summed E-state index contributed by atoms with van der Waals surface area (Å²) in [5, 5.41) is 8.85. The van der Waals surface area contributed by atoms with Crippen LogP contribution in [0, 0.1) is 22.8 Å². The quantitative estimate of drug-likeness (QED) is 0.518. The summed E-state index contributed by atoms with van der Waals surface area (Å²) < 4.78 is 37.7. The lowest BCUT2D eigenvalue weighted by atomic mass is 10.1. The number of nitriles is 1. The van der Waals surface area contributed by atoms with Crippen LogP contribution in [0.3, 0.4) is 0 Å². The van der Waals surface area contributed by atoms with E-state index in [0.717, 1.165) is 18.2 Å². The van der Waals surface area contributed by atoms with Crippen molar-refractivity contribution in [1.82, 2.24) is 0 Å². The second-order valence-corrected chi connectivity index (χ2v) is 9.62. The van der Waals surface area contributed by atoms with E-state index in [9.17, 15) is 13.2 Å². The normalized spacial score (nSPS) is 11.4. The molecule has 0 aliphatic rings. The van der Waals surface area contributed by atoms with Gasteiger partial charge in [0.05, 0.1) is 11.1 Å². The van der Waals surface area contributed by atoms with Gasteiger partial charge in [0, 0.05) is 5.56 Å². The van der Waals surface area contributed by atoms with E-state index in [1.54, 1.807) is 0 Å². The summed E-state index contributed by atoms with van der Waals surface area (Å²) in [5.74, 6) is 2.71. The summed E-state index contributed by atoms with van der Waals surface area (Å²) in [5.41, 5.74) is 2.51. The summed E-state index contributed by atoms with van der Waals surface area (Å²) in [4.78, 5) is 0. The molecule has 94 valence electrons. The first-order chi connectivity index (χ1) is 8.13. The molecule has 1 aromatic carbocycles. The molecule has 0 aromatic heterocycles. The van der Waals surface area contributed by atoms with Crippen molar-refractivity contribution in [2.24, 2.45) is 0 Å². The van der Waals surface area contributed by atoms with E-state index in [0.29, 0.717) is 0 Å². The second-order valence-electron chi connectivity index (χ2n) is 4.87. The molecule has 0 heterocycles. The first-order valence-electron chi connectivity index (χ1n) is 5.28. The lowest BCUT2D eigenvalue weighted by molar-refractivity contribution is -0.137. The van der Waals surface area contributed by atoms with Gasteiger partial charge in [-0.25, -0.2) is 0 Å². The van der Waals surface area contributed by atoms with Gasteiger partial charge in [0.15, 0.2) is 0 Å². The molecule has 0 aliphatic heterocycles. The van der Waals surface area contributed by atoms with Gasteiger partial charge in [0.2, 0.25) is 0 Å². The molecular weight excluding hydrogens is 255 g/mol. The Morgan fingerprint density at radius 2 is 1.72 bits per heavy atom. The van der Waals surface area contributed by atoms with Crippen LogP contribution in [0.1, 0.15) is 16.7 Å². The number of nitrogens with zero attached hydrogens (tertiary/aromatic N) is 1. The van der Waals surface area contributed by atoms with Gasteiger partial charge in [-0.05, 0) is 18.2 Å². The lowest BCUT2D eigenvalue weighted by Gasteiger charge is -2.08. The van der Waals surface area contributed by atoms with E-state index in [1.807, 2.05) is 25.7 Å². The fourth-order valence-electron chi connectivity index (χ4n) is 1.18. The van der Waals surface area contributed by atoms with E-state index >= 15 is 0 Å². The van der Waals surface area contributed by atoms with Crippen LogP contribution in [0.5, 0.6) is 0 Å². The van der Waals surface area contributed by atoms with Crippen molar-refractivity contribution in [3.8, 4) is 17.5 Å². The van der Waals surface area contributed by atoms with Crippen molar-refractivity contribution in [3.05, 3.63) is 34.9 Å². The molecule has 0 atom stereocenters. The third kappa shape index (κ3) is 3.94. The Balaban J connectivity index is 3.32. The minimum absolute atomic E-state index is 0.148. The smallest absolute Gasteiger partial charge is 0.192 e. The molecule has 0 saturated heterocycles. The van der Waals surface area contributed by atoms with Crippen LogP contribution in [0.25, 0.3) is 0 Å². The Labute approximate surface area is 105 Å². The second kappa shape index (κ2) is 4.87. The van der Waals surface area contributed by atoms with Crippen molar-refractivity contribution < 1.29 is 13.2 Å². The van der Waals surface area contributed by atoms with Gasteiger partial charge < -0.3 is 0 Å². The van der Waals surface area contributed by atoms with Crippen molar-refractivity contribution in [1.29, 1.82) is 5.26 Å². The molecule has 0 saturated carbocycles. The molecule has 0 spiro atoms. The third-order valence-electron chi connectivity index (χ3n) is 2.04. The van der Waals surface area contributed by atoms with Crippen LogP contribution in [-0.2, 0) is 6.18 Å². The standard InChI is InChI=1S/C13H12F3NSi/c1-18(2,3)7-6-10-8-12(13(14,15)16)5-4-11(10)9-17/h4-5,8H,1-3H3. The van der Waals surface area contributed by atoms with E-state index < -0.39 is 19.8 Å². The summed E-state index contributed by atoms with van der Waals surface area (Å²) >= 11 is 0. The largest absolute Gasteiger partial charge is 0.416 e. The Morgan fingerprint density at radius 1 is 1.11 bits per heavy atom. The van der Waals surface area contributed by atoms with Gasteiger partial charge in [-0.3, -0.25) is 0 Å². The fraction of sp³-hybridized carbons (Fsp3) is 0.308. The maximum absolute atomic E-state index is 12.6. The molecule has 1 nitrogen and oxygen atoms in total. The van der Waals surface area contributed by atoms with Gasteiger partial charge in [0.25, 0.3) is 0 Å². The van der Waals surface area contributed by atoms with Gasteiger partial charge in [-0.1, -0.05) is 25.6 Å². The number of alkyl halides is 3. The molecule has 0 N–H and O–H groups in total. The highest BCUT2D eigenvalue weighted by molar-refractivity contribution is 6.83. The van der Waals surface area contributed by atoms with E-state index in [2.05, 4.69) is 11.5 Å². The first-order valence-corrected chi connectivity index (χ1v) is 8.78. The van der Waals surface area contributed by atoms with Crippen molar-refractivity contribution >= 4 is 8.07 Å². The van der Waals surface area contributed by atoms with Gasteiger partial charge in [-0.2, -0.15) is 18.4 Å². The van der Waals surface area contributed by atoms with Crippen LogP contribution < -0.4 is 0 Å². The Kier molecular flexibility index (Phi) is 3.88. The zero-order valence-electron chi connectivity index (χ0n) is 10.3. The van der Waals surface area contributed by atoms with Crippen LogP contribution in [0.2, 0.25) is 19.6 Å². The van der Waals surface area contributed by atoms with Crippen LogP contribution >= 0.6 is 0 Å². The highest BCUT2D eigenvalue weighted by atomic mass is 28.3. The maximum Gasteiger partial charge on any atom is 0.416 e. The summed E-state index contributed by atoms with van der Waals surface area (Å²) in [6.45, 7) is 5.96. The lowest BCUT2D eigenvalue weighted by Crippen LogP contribution is -2.16. The van der Waals surface area contributed by atoms with E-state index in [1.165, 1.54) is 0 Å². The Hall–Kier alpha value is -1.72. The first kappa shape index (κ1) is 14.3. The molecule has 5 heteroatoms. The highest BCUT2D eigenvalue weighted by Crippen LogP contribution is 2.30. The highest BCUT2D eigenvalue weighted by Gasteiger charge is 2.30. The molecule has 0 aliphatic carbocycles. The van der Waals surface area contributed by atoms with Crippen molar-refractivity contribution in [2.75, 3.05) is 0 Å². The van der Waals surface area contributed by atoms with Crippen molar-refractivity contribution in [3.63, 3.8) is 0 Å². The molecule has 0 amide bonds. The zero-order valence-corrected chi connectivity index (χ0v) is 11.3. The Morgan fingerprint density at radius 3 is 2.17 bits per heavy atom. The SMILES string of the molecule is C[Si](C)(C)C#Cc1cc(C(F)(F)F)ccc1C#N. The number of hydrogen-bond donors (Lipinski definition) is 0. The van der Waals surface area contributed by atoms with Gasteiger partial charge in [0.1, 0.15) is 14.1 Å². The minimum atomic E-state index is -4.41. The minimum Gasteiger partial charge on any atom is -0.192 e. The summed E-state index contributed by atoms with van der Waals surface area (Å²) in [6, 6.07) is 4.86. The average Bonchev–Trinajstić information content (AvgIpc) is 2.23. The van der Waals surface area contributed by atoms with Gasteiger partial charge >= 0.3 is 6.18 Å². The molecule has 1 rings (SSSR count). The molecule has 0 bridgehead atoms. The predicted octanol–water partition coefficient (Wildman–Crippen LogP) is 3.81.